The van der Waals surface area contributed by atoms with Gasteiger partial charge in [-0.1, -0.05) is 72.3 Å². The number of aliphatic carboxylic acids is 1. The molecule has 3 heterocycles. The minimum atomic E-state index is -2.42. The van der Waals surface area contributed by atoms with Gasteiger partial charge in [0.15, 0.2) is 30.6 Å². The number of aliphatic hydroxyl groups is 10. The van der Waals surface area contributed by atoms with E-state index in [1.54, 1.807) is 39.8 Å². The van der Waals surface area contributed by atoms with Gasteiger partial charge in [0.1, 0.15) is 60.5 Å². The first-order chi connectivity index (χ1) is 38.1. The van der Waals surface area contributed by atoms with Crippen LogP contribution in [0.15, 0.2) is 34.9 Å². The first-order valence-electron chi connectivity index (χ1n) is 29.2. The van der Waals surface area contributed by atoms with Crippen molar-refractivity contribution in [3.05, 3.63) is 34.9 Å². The van der Waals surface area contributed by atoms with E-state index in [1.165, 1.54) is 6.92 Å². The van der Waals surface area contributed by atoms with Crippen LogP contribution in [-0.4, -0.2) is 204 Å². The molecule has 8 unspecified atom stereocenters. The molecule has 8 aliphatic rings. The topological polar surface area (TPSA) is 348 Å². The number of aliphatic hydroxyl groups excluding tert-OH is 10. The summed E-state index contributed by atoms with van der Waals surface area (Å²) in [5.41, 5.74) is -6.98. The number of fused-ring (bicyclic) bond motifs is 7. The second-order valence-corrected chi connectivity index (χ2v) is 27.6. The zero-order valence-electron chi connectivity index (χ0n) is 49.9. The molecule has 7 fully saturated rings. The van der Waals surface area contributed by atoms with Crippen LogP contribution in [0.4, 0.5) is 0 Å². The van der Waals surface area contributed by atoms with Crippen LogP contribution in [0.1, 0.15) is 135 Å². The Morgan fingerprint density at radius 3 is 1.87 bits per heavy atom. The third-order valence-electron chi connectivity index (χ3n) is 22.5. The number of rotatable bonds is 15. The van der Waals surface area contributed by atoms with Crippen LogP contribution in [0.2, 0.25) is 0 Å². The molecule has 11 N–H and O–H groups in total. The molecule has 5 aliphatic carbocycles. The summed E-state index contributed by atoms with van der Waals surface area (Å²) in [4.78, 5) is 40.7. The number of carbonyl (C=O) groups excluding carboxylic acids is 2. The van der Waals surface area contributed by atoms with Gasteiger partial charge >= 0.3 is 17.9 Å². The van der Waals surface area contributed by atoms with E-state index in [0.717, 1.165) is 12.5 Å². The van der Waals surface area contributed by atoms with Crippen LogP contribution in [0, 0.1) is 56.2 Å². The Bertz CT molecular complexity index is 2480. The molecule has 3 saturated heterocycles. The minimum absolute atomic E-state index is 0.0280. The fourth-order valence-electron chi connectivity index (χ4n) is 16.8. The summed E-state index contributed by atoms with van der Waals surface area (Å²) in [6, 6.07) is 0. The molecule has 0 amide bonds. The number of hydrogen-bond acceptors (Lipinski definition) is 21. The van der Waals surface area contributed by atoms with Gasteiger partial charge in [-0.25, -0.2) is 14.4 Å². The number of ether oxygens (including phenoxy) is 8. The van der Waals surface area contributed by atoms with E-state index in [0.29, 0.717) is 49.7 Å². The summed E-state index contributed by atoms with van der Waals surface area (Å²) in [5.74, 6) is -4.82. The summed E-state index contributed by atoms with van der Waals surface area (Å²) < 4.78 is 50.0. The average molecular weight is 1170 g/mol. The molecule has 0 spiro atoms. The Morgan fingerprint density at radius 1 is 0.695 bits per heavy atom. The second kappa shape index (κ2) is 22.9. The van der Waals surface area contributed by atoms with Crippen LogP contribution in [0.25, 0.3) is 0 Å². The van der Waals surface area contributed by atoms with Crippen molar-refractivity contribution in [3.63, 3.8) is 0 Å². The van der Waals surface area contributed by atoms with Crippen molar-refractivity contribution in [1.29, 1.82) is 0 Å². The van der Waals surface area contributed by atoms with Crippen molar-refractivity contribution in [2.45, 2.75) is 238 Å². The SMILES string of the molecule is C/C=C(/C)C(=O)O[C@H]1[C@H](OC(=O)/C(C)=C\C)[C@@]2(CO)C(CC1(C)C)C1=CCC3[C@@]4(C)CC[C@H](O[C@@H]5OC(C)(C(=O)O)[C@@H](O)[C@@H](CO[C@@H]6O[C@@H](CO)C(O)[C@@H]6O)C5O[C@@H]5OC(C)(CO)[C@H](O)[C@@H](O)C5O)C(C)(C)C4CC[C@@]3(C)[C@]1(C)C[C@H]2O. The average Bonchev–Trinajstić information content (AvgIpc) is 1.25. The van der Waals surface area contributed by atoms with Crippen molar-refractivity contribution < 1.29 is 108 Å². The minimum Gasteiger partial charge on any atom is -0.479 e. The first-order valence-corrected chi connectivity index (χ1v) is 29.2. The van der Waals surface area contributed by atoms with E-state index in [9.17, 15) is 70.6 Å². The number of carboxylic acids is 1. The van der Waals surface area contributed by atoms with Crippen molar-refractivity contribution in [2.24, 2.45) is 56.2 Å². The molecular weight excluding hydrogens is 1070 g/mol. The van der Waals surface area contributed by atoms with E-state index in [-0.39, 0.29) is 23.7 Å². The van der Waals surface area contributed by atoms with Crippen LogP contribution in [-0.2, 0) is 52.3 Å². The number of hydrogen-bond donors (Lipinski definition) is 11. The maximum absolute atomic E-state index is 13.9. The summed E-state index contributed by atoms with van der Waals surface area (Å²) >= 11 is 0. The lowest BCUT2D eigenvalue weighted by atomic mass is 9.33. The fraction of sp³-hybridized carbons (Fsp3) is 0.850. The summed E-state index contributed by atoms with van der Waals surface area (Å²) in [6.45, 7) is 21.4. The van der Waals surface area contributed by atoms with Crippen LogP contribution in [0.3, 0.4) is 0 Å². The predicted molar refractivity (Wildman–Crippen MR) is 289 cm³/mol. The van der Waals surface area contributed by atoms with Gasteiger partial charge < -0.3 is 94.1 Å². The van der Waals surface area contributed by atoms with Gasteiger partial charge in [-0.15, -0.1) is 0 Å². The van der Waals surface area contributed by atoms with Crippen molar-refractivity contribution in [2.75, 3.05) is 26.4 Å². The highest BCUT2D eigenvalue weighted by Gasteiger charge is 2.74. The van der Waals surface area contributed by atoms with Gasteiger partial charge in [0, 0.05) is 22.5 Å². The molecule has 4 saturated carbocycles. The Kier molecular flexibility index (Phi) is 18.2. The van der Waals surface area contributed by atoms with Gasteiger partial charge in [0.05, 0.1) is 44.1 Å². The molecule has 25 atom stereocenters. The molecule has 82 heavy (non-hydrogen) atoms. The standard InChI is InChI=1S/C60H94O22/c1-14-28(3)47(71)79-45-46(80-48(72)29(4)15-2)60(27-63)32(22-53(45,5)6)31-16-17-35-55(9)20-19-37(54(7,8)34(55)18-21-56(35,10)57(31,11)23-36(60)64)77-51-42(78-50-41(68)39(66)44(70)58(12,26-62)81-50)30(43(69)59(13,82-51)52(73)74)25-75-49-40(67)38(65)33(24-61)76-49/h14-16,30,32-46,49-51,61-70H,17-27H2,1-13H3,(H,73,74)/b28-14-,29-15-/t30-,32?,33-,34?,35?,36+,37-,38?,39-,40-,41?,42?,43-,44+,45-,46-,49+,50+,51+,55-,56+,57+,58?,59?,60-/m0/s1. The quantitative estimate of drug-likeness (QED) is 0.0485. The Hall–Kier alpha value is -3.01. The predicted octanol–water partition coefficient (Wildman–Crippen LogP) is 2.32. The molecule has 0 aromatic heterocycles. The highest BCUT2D eigenvalue weighted by atomic mass is 16.8. The van der Waals surface area contributed by atoms with Crippen LogP contribution in [0.5, 0.6) is 0 Å². The molecule has 0 radical (unpaired) electrons. The summed E-state index contributed by atoms with van der Waals surface area (Å²) in [7, 11) is 0. The van der Waals surface area contributed by atoms with Crippen molar-refractivity contribution in [3.8, 4) is 0 Å². The third kappa shape index (κ3) is 10.1. The largest absolute Gasteiger partial charge is 0.479 e. The van der Waals surface area contributed by atoms with E-state index >= 15 is 0 Å². The molecular formula is C60H94O22. The van der Waals surface area contributed by atoms with E-state index < -0.39 is 187 Å². The zero-order chi connectivity index (χ0) is 61.0. The highest BCUT2D eigenvalue weighted by molar-refractivity contribution is 5.89. The van der Waals surface area contributed by atoms with Crippen LogP contribution >= 0.6 is 0 Å². The van der Waals surface area contributed by atoms with Gasteiger partial charge in [-0.2, -0.15) is 0 Å². The molecule has 22 nitrogen and oxygen atoms in total. The lowest BCUT2D eigenvalue weighted by molar-refractivity contribution is -0.395. The lowest BCUT2D eigenvalue weighted by Crippen LogP contribution is -2.72. The van der Waals surface area contributed by atoms with E-state index in [1.807, 2.05) is 13.8 Å². The second-order valence-electron chi connectivity index (χ2n) is 27.6. The smallest absolute Gasteiger partial charge is 0.338 e. The lowest BCUT2D eigenvalue weighted by Gasteiger charge is -2.72. The number of allylic oxidation sites excluding steroid dienone is 4. The van der Waals surface area contributed by atoms with Gasteiger partial charge in [0.25, 0.3) is 0 Å². The Morgan fingerprint density at radius 2 is 1.30 bits per heavy atom. The van der Waals surface area contributed by atoms with E-state index in [2.05, 4.69) is 40.7 Å². The molecule has 22 heteroatoms. The molecule has 466 valence electrons. The third-order valence-corrected chi connectivity index (χ3v) is 22.5. The normalized spacial score (nSPS) is 49.1. The van der Waals surface area contributed by atoms with Crippen LogP contribution < -0.4 is 0 Å². The van der Waals surface area contributed by atoms with E-state index in [4.69, 9.17) is 37.9 Å². The molecule has 0 bridgehead atoms. The van der Waals surface area contributed by atoms with Gasteiger partial charge in [-0.3, -0.25) is 0 Å². The molecule has 0 aromatic carbocycles. The molecule has 3 aliphatic heterocycles. The van der Waals surface area contributed by atoms with Gasteiger partial charge in [0.2, 0.25) is 0 Å². The maximum Gasteiger partial charge on any atom is 0.338 e. The van der Waals surface area contributed by atoms with Crippen molar-refractivity contribution >= 4 is 17.9 Å². The monoisotopic (exact) mass is 1170 g/mol. The fourth-order valence-corrected chi connectivity index (χ4v) is 16.8. The number of carbonyl (C=O) groups is 3. The number of carboxylic acid groups (broad SMARTS) is 1. The molecule has 0 aromatic rings. The Balaban J connectivity index is 1.13. The zero-order valence-corrected chi connectivity index (χ0v) is 49.9. The Labute approximate surface area is 480 Å². The van der Waals surface area contributed by atoms with Gasteiger partial charge in [-0.05, 0) is 126 Å². The highest BCUT2D eigenvalue weighted by Crippen LogP contribution is 2.76. The maximum atomic E-state index is 13.9. The van der Waals surface area contributed by atoms with Crippen molar-refractivity contribution in [1.82, 2.24) is 0 Å². The summed E-state index contributed by atoms with van der Waals surface area (Å²) in [5, 5.41) is 122. The molecule has 8 rings (SSSR count). The summed E-state index contributed by atoms with van der Waals surface area (Å²) in [6.07, 6.45) is -13.8. The number of esters is 2. The first kappa shape index (κ1) is 65.0.